The van der Waals surface area contributed by atoms with Crippen molar-refractivity contribution in [3.63, 3.8) is 0 Å². The maximum atomic E-state index is 12.9. The first-order chi connectivity index (χ1) is 14.8. The molecule has 168 valence electrons. The fourth-order valence-electron chi connectivity index (χ4n) is 3.52. The predicted molar refractivity (Wildman–Crippen MR) is 122 cm³/mol. The number of methoxy groups -OCH3 is 1. The summed E-state index contributed by atoms with van der Waals surface area (Å²) in [7, 11) is -1.89. The third-order valence-corrected chi connectivity index (χ3v) is 7.46. The highest BCUT2D eigenvalue weighted by Gasteiger charge is 2.28. The van der Waals surface area contributed by atoms with Crippen LogP contribution in [0.3, 0.4) is 0 Å². The van der Waals surface area contributed by atoms with Crippen LogP contribution in [0.4, 0.5) is 5.69 Å². The number of hydrogen-bond acceptors (Lipinski definition) is 5. The van der Waals surface area contributed by atoms with Crippen LogP contribution in [0.1, 0.15) is 31.7 Å². The highest BCUT2D eigenvalue weighted by atomic mass is 32.2. The minimum Gasteiger partial charge on any atom is -0.497 e. The van der Waals surface area contributed by atoms with Gasteiger partial charge in [-0.1, -0.05) is 26.0 Å². The SMILES string of the molecule is COc1ccc(NC(=O)CCN2CCN(S(=O)(=O)c3ccc(C(C)C)cc3)CC2)cc1. The molecule has 2 aromatic rings. The Hall–Kier alpha value is -2.42. The van der Waals surface area contributed by atoms with Gasteiger partial charge in [-0.2, -0.15) is 4.31 Å². The minimum absolute atomic E-state index is 0.0644. The lowest BCUT2D eigenvalue weighted by atomic mass is 10.0. The number of ether oxygens (including phenoxy) is 1. The summed E-state index contributed by atoms with van der Waals surface area (Å²) in [4.78, 5) is 14.7. The zero-order valence-corrected chi connectivity index (χ0v) is 19.2. The first-order valence-electron chi connectivity index (χ1n) is 10.6. The molecule has 0 aromatic heterocycles. The molecule has 3 rings (SSSR count). The molecule has 0 aliphatic carbocycles. The van der Waals surface area contributed by atoms with Gasteiger partial charge in [-0.05, 0) is 47.9 Å². The van der Waals surface area contributed by atoms with Gasteiger partial charge in [-0.3, -0.25) is 4.79 Å². The van der Waals surface area contributed by atoms with Gasteiger partial charge in [0, 0.05) is 44.8 Å². The summed E-state index contributed by atoms with van der Waals surface area (Å²) >= 11 is 0. The number of amides is 1. The number of benzene rings is 2. The van der Waals surface area contributed by atoms with E-state index >= 15 is 0 Å². The minimum atomic E-state index is -3.49. The van der Waals surface area contributed by atoms with Crippen LogP contribution in [0.15, 0.2) is 53.4 Å². The summed E-state index contributed by atoms with van der Waals surface area (Å²) in [5.41, 5.74) is 1.85. The molecule has 0 radical (unpaired) electrons. The molecule has 0 unspecified atom stereocenters. The van der Waals surface area contributed by atoms with E-state index in [0.717, 1.165) is 17.0 Å². The van der Waals surface area contributed by atoms with Crippen molar-refractivity contribution in [2.24, 2.45) is 0 Å². The largest absolute Gasteiger partial charge is 0.497 e. The highest BCUT2D eigenvalue weighted by Crippen LogP contribution is 2.21. The van der Waals surface area contributed by atoms with E-state index in [1.165, 1.54) is 4.31 Å². The molecule has 31 heavy (non-hydrogen) atoms. The molecule has 7 nitrogen and oxygen atoms in total. The van der Waals surface area contributed by atoms with Gasteiger partial charge >= 0.3 is 0 Å². The Bertz CT molecular complexity index is 965. The monoisotopic (exact) mass is 445 g/mol. The Kier molecular flexibility index (Phi) is 7.69. The molecule has 1 amide bonds. The van der Waals surface area contributed by atoms with Gasteiger partial charge in [-0.25, -0.2) is 8.42 Å². The van der Waals surface area contributed by atoms with E-state index in [2.05, 4.69) is 24.1 Å². The Balaban J connectivity index is 1.46. The van der Waals surface area contributed by atoms with E-state index in [9.17, 15) is 13.2 Å². The maximum absolute atomic E-state index is 12.9. The first kappa shape index (κ1) is 23.2. The van der Waals surface area contributed by atoms with Crippen molar-refractivity contribution in [1.82, 2.24) is 9.21 Å². The Labute approximate surface area is 185 Å². The molecule has 8 heteroatoms. The maximum Gasteiger partial charge on any atom is 0.243 e. The normalized spacial score (nSPS) is 15.7. The van der Waals surface area contributed by atoms with Gasteiger partial charge in [0.25, 0.3) is 0 Å². The molecule has 1 fully saturated rings. The Morgan fingerprint density at radius 3 is 2.16 bits per heavy atom. The number of nitrogens with zero attached hydrogens (tertiary/aromatic N) is 2. The lowest BCUT2D eigenvalue weighted by molar-refractivity contribution is -0.116. The van der Waals surface area contributed by atoms with Crippen LogP contribution in [0.25, 0.3) is 0 Å². The number of hydrogen-bond donors (Lipinski definition) is 1. The third-order valence-electron chi connectivity index (χ3n) is 5.54. The number of piperazine rings is 1. The van der Waals surface area contributed by atoms with Crippen molar-refractivity contribution in [2.75, 3.05) is 45.2 Å². The van der Waals surface area contributed by atoms with Gasteiger partial charge in [0.15, 0.2) is 0 Å². The molecular formula is C23H31N3O4S. The molecule has 0 spiro atoms. The number of nitrogens with one attached hydrogen (secondary N) is 1. The Morgan fingerprint density at radius 1 is 1.00 bits per heavy atom. The second-order valence-corrected chi connectivity index (χ2v) is 9.93. The fourth-order valence-corrected chi connectivity index (χ4v) is 4.95. The van der Waals surface area contributed by atoms with Gasteiger partial charge < -0.3 is 15.0 Å². The molecule has 1 heterocycles. The number of carbonyl (C=O) groups is 1. The number of rotatable bonds is 8. The number of sulfonamides is 1. The van der Waals surface area contributed by atoms with Gasteiger partial charge in [0.2, 0.25) is 15.9 Å². The van der Waals surface area contributed by atoms with Crippen molar-refractivity contribution in [3.05, 3.63) is 54.1 Å². The lowest BCUT2D eigenvalue weighted by Crippen LogP contribution is -2.49. The average Bonchev–Trinajstić information content (AvgIpc) is 2.78. The van der Waals surface area contributed by atoms with Gasteiger partial charge in [0.05, 0.1) is 12.0 Å². The van der Waals surface area contributed by atoms with Gasteiger partial charge in [0.1, 0.15) is 5.75 Å². The summed E-state index contributed by atoms with van der Waals surface area (Å²) in [5, 5.41) is 2.87. The molecule has 0 saturated carbocycles. The van der Waals surface area contributed by atoms with Crippen molar-refractivity contribution < 1.29 is 17.9 Å². The van der Waals surface area contributed by atoms with E-state index in [1.807, 2.05) is 12.1 Å². The third kappa shape index (κ3) is 6.06. The standard InChI is InChI=1S/C23H31N3O4S/c1-18(2)19-4-10-22(11-5-19)31(28,29)26-16-14-25(15-17-26)13-12-23(27)24-20-6-8-21(30-3)9-7-20/h4-11,18H,12-17H2,1-3H3,(H,24,27). The van der Waals surface area contributed by atoms with Gasteiger partial charge in [-0.15, -0.1) is 0 Å². The van der Waals surface area contributed by atoms with E-state index in [1.54, 1.807) is 43.5 Å². The van der Waals surface area contributed by atoms with Crippen LogP contribution in [-0.4, -0.2) is 63.4 Å². The zero-order chi connectivity index (χ0) is 22.4. The fraction of sp³-hybridized carbons (Fsp3) is 0.435. The van der Waals surface area contributed by atoms with Crippen LogP contribution in [0.5, 0.6) is 5.75 Å². The topological polar surface area (TPSA) is 79.0 Å². The van der Waals surface area contributed by atoms with E-state index in [-0.39, 0.29) is 5.91 Å². The Morgan fingerprint density at radius 2 is 1.61 bits per heavy atom. The second kappa shape index (κ2) is 10.3. The van der Waals surface area contributed by atoms with Crippen LogP contribution >= 0.6 is 0 Å². The van der Waals surface area contributed by atoms with E-state index < -0.39 is 10.0 Å². The first-order valence-corrected chi connectivity index (χ1v) is 12.0. The van der Waals surface area contributed by atoms with Crippen LogP contribution in [0, 0.1) is 0 Å². The highest BCUT2D eigenvalue weighted by molar-refractivity contribution is 7.89. The molecule has 1 N–H and O–H groups in total. The van der Waals surface area contributed by atoms with E-state index in [0.29, 0.717) is 50.0 Å². The molecular weight excluding hydrogens is 414 g/mol. The summed E-state index contributed by atoms with van der Waals surface area (Å²) in [6.07, 6.45) is 0.357. The summed E-state index contributed by atoms with van der Waals surface area (Å²) in [6, 6.07) is 14.4. The van der Waals surface area contributed by atoms with E-state index in [4.69, 9.17) is 4.74 Å². The van der Waals surface area contributed by atoms with Crippen LogP contribution in [0.2, 0.25) is 0 Å². The van der Waals surface area contributed by atoms with Crippen molar-refractivity contribution in [3.8, 4) is 5.75 Å². The molecule has 1 aliphatic rings. The summed E-state index contributed by atoms with van der Waals surface area (Å²) < 4.78 is 32.5. The zero-order valence-electron chi connectivity index (χ0n) is 18.4. The van der Waals surface area contributed by atoms with Crippen molar-refractivity contribution >= 4 is 21.6 Å². The van der Waals surface area contributed by atoms with Crippen molar-refractivity contribution in [1.29, 1.82) is 0 Å². The number of anilines is 1. The second-order valence-electron chi connectivity index (χ2n) is 8.00. The molecule has 0 atom stereocenters. The summed E-state index contributed by atoms with van der Waals surface area (Å²) in [5.74, 6) is 1.04. The van der Waals surface area contributed by atoms with Crippen molar-refractivity contribution in [2.45, 2.75) is 31.1 Å². The predicted octanol–water partition coefficient (Wildman–Crippen LogP) is 3.15. The van der Waals surface area contributed by atoms with Crippen LogP contribution < -0.4 is 10.1 Å². The smallest absolute Gasteiger partial charge is 0.243 e. The number of carbonyl (C=O) groups excluding carboxylic acids is 1. The van der Waals surface area contributed by atoms with Crippen LogP contribution in [-0.2, 0) is 14.8 Å². The summed E-state index contributed by atoms with van der Waals surface area (Å²) in [6.45, 7) is 6.83. The molecule has 1 aliphatic heterocycles. The molecule has 1 saturated heterocycles. The molecule has 2 aromatic carbocycles. The lowest BCUT2D eigenvalue weighted by Gasteiger charge is -2.33. The molecule has 0 bridgehead atoms. The quantitative estimate of drug-likeness (QED) is 0.675. The average molecular weight is 446 g/mol.